The average Bonchev–Trinajstić information content (AvgIpc) is 2.39. The molecule has 0 aliphatic rings. The summed E-state index contributed by atoms with van der Waals surface area (Å²) < 4.78 is 4.60. The maximum atomic E-state index is 11.3. The third-order valence-corrected chi connectivity index (χ3v) is 2.74. The van der Waals surface area contributed by atoms with Gasteiger partial charge < -0.3 is 4.74 Å². The number of aryl methyl sites for hydroxylation is 1. The third-order valence-electron chi connectivity index (χ3n) is 2.45. The van der Waals surface area contributed by atoms with Crippen LogP contribution in [0.3, 0.4) is 0 Å². The van der Waals surface area contributed by atoms with Crippen LogP contribution in [0.25, 0.3) is 11.3 Å². The van der Waals surface area contributed by atoms with E-state index in [0.717, 1.165) is 11.3 Å². The lowest BCUT2D eigenvalue weighted by Crippen LogP contribution is -2.02. The molecule has 0 unspecified atom stereocenters. The van der Waals surface area contributed by atoms with Crippen LogP contribution in [-0.2, 0) is 4.74 Å². The first-order chi connectivity index (χ1) is 8.61. The van der Waals surface area contributed by atoms with E-state index >= 15 is 0 Å². The molecule has 0 amide bonds. The standard InChI is InChI=1S/C13H11ClN2O2/c1-8-3-4-9(6-15-8)12-11(14)5-10(7-16-12)13(17)18-2/h3-7H,1-2H3. The number of carbonyl (C=O) groups is 1. The van der Waals surface area contributed by atoms with Gasteiger partial charge in [-0.25, -0.2) is 4.79 Å². The van der Waals surface area contributed by atoms with E-state index in [0.29, 0.717) is 16.3 Å². The van der Waals surface area contributed by atoms with Crippen molar-refractivity contribution >= 4 is 17.6 Å². The monoisotopic (exact) mass is 262 g/mol. The van der Waals surface area contributed by atoms with Gasteiger partial charge in [-0.2, -0.15) is 0 Å². The third kappa shape index (κ3) is 2.49. The maximum Gasteiger partial charge on any atom is 0.339 e. The van der Waals surface area contributed by atoms with Crippen LogP contribution in [0, 0.1) is 6.92 Å². The molecule has 0 radical (unpaired) electrons. The van der Waals surface area contributed by atoms with Crippen LogP contribution in [0.15, 0.2) is 30.6 Å². The van der Waals surface area contributed by atoms with Crippen molar-refractivity contribution in [1.82, 2.24) is 9.97 Å². The molecule has 2 aromatic rings. The first-order valence-corrected chi connectivity index (χ1v) is 5.66. The van der Waals surface area contributed by atoms with Crippen molar-refractivity contribution in [3.8, 4) is 11.3 Å². The Kier molecular flexibility index (Phi) is 3.58. The van der Waals surface area contributed by atoms with Crippen LogP contribution >= 0.6 is 11.6 Å². The zero-order chi connectivity index (χ0) is 13.1. The molecule has 4 nitrogen and oxygen atoms in total. The van der Waals surface area contributed by atoms with Gasteiger partial charge in [0.1, 0.15) is 0 Å². The van der Waals surface area contributed by atoms with Gasteiger partial charge >= 0.3 is 5.97 Å². The predicted molar refractivity (Wildman–Crippen MR) is 68.6 cm³/mol. The van der Waals surface area contributed by atoms with Crippen molar-refractivity contribution in [2.75, 3.05) is 7.11 Å². The molecule has 0 aliphatic heterocycles. The Labute approximate surface area is 110 Å². The number of carbonyl (C=O) groups excluding carboxylic acids is 1. The second-order valence-electron chi connectivity index (χ2n) is 3.73. The molecule has 5 heteroatoms. The van der Waals surface area contributed by atoms with Crippen molar-refractivity contribution < 1.29 is 9.53 Å². The molecule has 0 bridgehead atoms. The maximum absolute atomic E-state index is 11.3. The molecule has 2 heterocycles. The number of hydrogen-bond acceptors (Lipinski definition) is 4. The second kappa shape index (κ2) is 5.14. The summed E-state index contributed by atoms with van der Waals surface area (Å²) in [5.74, 6) is -0.460. The minimum atomic E-state index is -0.460. The van der Waals surface area contributed by atoms with Crippen LogP contribution in [0.5, 0.6) is 0 Å². The van der Waals surface area contributed by atoms with Crippen molar-refractivity contribution in [1.29, 1.82) is 0 Å². The van der Waals surface area contributed by atoms with Crippen LogP contribution in [0.4, 0.5) is 0 Å². The topological polar surface area (TPSA) is 52.1 Å². The lowest BCUT2D eigenvalue weighted by molar-refractivity contribution is 0.0600. The van der Waals surface area contributed by atoms with Gasteiger partial charge in [0.25, 0.3) is 0 Å². The van der Waals surface area contributed by atoms with Gasteiger partial charge in [-0.15, -0.1) is 0 Å². The average molecular weight is 263 g/mol. The summed E-state index contributed by atoms with van der Waals surface area (Å²) in [6.07, 6.45) is 3.13. The number of halogens is 1. The molecule has 18 heavy (non-hydrogen) atoms. The molecule has 0 aromatic carbocycles. The number of esters is 1. The highest BCUT2D eigenvalue weighted by Crippen LogP contribution is 2.26. The molecular weight excluding hydrogens is 252 g/mol. The first-order valence-electron chi connectivity index (χ1n) is 5.28. The summed E-state index contributed by atoms with van der Waals surface area (Å²) >= 11 is 6.11. The van der Waals surface area contributed by atoms with E-state index in [-0.39, 0.29) is 0 Å². The van der Waals surface area contributed by atoms with Gasteiger partial charge in [0.2, 0.25) is 0 Å². The van der Waals surface area contributed by atoms with Crippen molar-refractivity contribution in [2.24, 2.45) is 0 Å². The molecule has 0 N–H and O–H groups in total. The van der Waals surface area contributed by atoms with Crippen LogP contribution in [-0.4, -0.2) is 23.0 Å². The highest BCUT2D eigenvalue weighted by Gasteiger charge is 2.11. The molecule has 92 valence electrons. The van der Waals surface area contributed by atoms with Crippen LogP contribution < -0.4 is 0 Å². The van der Waals surface area contributed by atoms with Gasteiger partial charge in [-0.1, -0.05) is 11.6 Å². The zero-order valence-corrected chi connectivity index (χ0v) is 10.7. The molecule has 0 saturated heterocycles. The Morgan fingerprint density at radius 2 is 2.06 bits per heavy atom. The molecule has 2 aromatic heterocycles. The number of nitrogens with zero attached hydrogens (tertiary/aromatic N) is 2. The Bertz CT molecular complexity index is 582. The van der Waals surface area contributed by atoms with Gasteiger partial charge in [-0.3, -0.25) is 9.97 Å². The number of methoxy groups -OCH3 is 1. The zero-order valence-electron chi connectivity index (χ0n) is 9.98. The molecule has 0 saturated carbocycles. The lowest BCUT2D eigenvalue weighted by Gasteiger charge is -2.05. The first kappa shape index (κ1) is 12.5. The van der Waals surface area contributed by atoms with E-state index in [9.17, 15) is 4.79 Å². The van der Waals surface area contributed by atoms with E-state index in [2.05, 4.69) is 14.7 Å². The lowest BCUT2D eigenvalue weighted by atomic mass is 10.1. The number of hydrogen-bond donors (Lipinski definition) is 0. The number of pyridine rings is 2. The second-order valence-corrected chi connectivity index (χ2v) is 4.14. The van der Waals surface area contributed by atoms with Crippen LogP contribution in [0.2, 0.25) is 5.02 Å². The SMILES string of the molecule is COC(=O)c1cnc(-c2ccc(C)nc2)c(Cl)c1. The van der Waals surface area contributed by atoms with Gasteiger partial charge in [0.15, 0.2) is 0 Å². The number of ether oxygens (including phenoxy) is 1. The number of rotatable bonds is 2. The quantitative estimate of drug-likeness (QED) is 0.781. The number of aromatic nitrogens is 2. The summed E-state index contributed by atoms with van der Waals surface area (Å²) in [5, 5.41) is 0.392. The molecule has 0 fully saturated rings. The Hall–Kier alpha value is -1.94. The highest BCUT2D eigenvalue weighted by atomic mass is 35.5. The Morgan fingerprint density at radius 1 is 1.28 bits per heavy atom. The summed E-state index contributed by atoms with van der Waals surface area (Å²) in [7, 11) is 1.31. The minimum absolute atomic E-state index is 0.325. The fourth-order valence-corrected chi connectivity index (χ4v) is 1.76. The summed E-state index contributed by atoms with van der Waals surface area (Å²) in [5.41, 5.74) is 2.64. The van der Waals surface area contributed by atoms with E-state index in [1.54, 1.807) is 6.20 Å². The van der Waals surface area contributed by atoms with Gasteiger partial charge in [-0.05, 0) is 25.1 Å². The normalized spacial score (nSPS) is 10.2. The van der Waals surface area contributed by atoms with Crippen LogP contribution in [0.1, 0.15) is 16.1 Å². The summed E-state index contributed by atoms with van der Waals surface area (Å²) in [4.78, 5) is 19.7. The Morgan fingerprint density at radius 3 is 2.61 bits per heavy atom. The van der Waals surface area contributed by atoms with Crippen molar-refractivity contribution in [3.63, 3.8) is 0 Å². The molecule has 0 spiro atoms. The van der Waals surface area contributed by atoms with Crippen molar-refractivity contribution in [3.05, 3.63) is 46.9 Å². The van der Waals surface area contributed by atoms with E-state index in [4.69, 9.17) is 11.6 Å². The Balaban J connectivity index is 2.41. The molecule has 0 atom stereocenters. The summed E-state index contributed by atoms with van der Waals surface area (Å²) in [6, 6.07) is 5.30. The van der Waals surface area contributed by atoms with E-state index in [1.165, 1.54) is 19.4 Å². The fraction of sp³-hybridized carbons (Fsp3) is 0.154. The largest absolute Gasteiger partial charge is 0.465 e. The summed E-state index contributed by atoms with van der Waals surface area (Å²) in [6.45, 7) is 1.90. The van der Waals surface area contributed by atoms with Gasteiger partial charge in [0.05, 0.1) is 23.4 Å². The predicted octanol–water partition coefficient (Wildman–Crippen LogP) is 2.89. The minimum Gasteiger partial charge on any atom is -0.465 e. The van der Waals surface area contributed by atoms with E-state index < -0.39 is 5.97 Å². The smallest absolute Gasteiger partial charge is 0.339 e. The van der Waals surface area contributed by atoms with E-state index in [1.807, 2.05) is 19.1 Å². The molecular formula is C13H11ClN2O2. The van der Waals surface area contributed by atoms with Gasteiger partial charge in [0, 0.05) is 23.7 Å². The van der Waals surface area contributed by atoms with Crippen molar-refractivity contribution in [2.45, 2.75) is 6.92 Å². The molecule has 2 rings (SSSR count). The fourth-order valence-electron chi connectivity index (χ4n) is 1.49. The highest BCUT2D eigenvalue weighted by molar-refractivity contribution is 6.33. The molecule has 0 aliphatic carbocycles.